The van der Waals surface area contributed by atoms with Crippen LogP contribution in [-0.2, 0) is 16.2 Å². The number of ketones is 2. The average Bonchev–Trinajstić information content (AvgIpc) is 3.65. The fourth-order valence-corrected chi connectivity index (χ4v) is 5.43. The quantitative estimate of drug-likeness (QED) is 0.279. The van der Waals surface area contributed by atoms with Crippen LogP contribution < -0.4 is 9.64 Å². The Kier molecular flexibility index (Phi) is 7.29. The van der Waals surface area contributed by atoms with Crippen molar-refractivity contribution in [2.24, 2.45) is 0 Å². The molecule has 11 heteroatoms. The Labute approximate surface area is 223 Å². The van der Waals surface area contributed by atoms with Crippen LogP contribution in [0.4, 0.5) is 5.69 Å². The van der Waals surface area contributed by atoms with Crippen molar-refractivity contribution in [1.82, 2.24) is 25.2 Å². The van der Waals surface area contributed by atoms with Gasteiger partial charge in [0.1, 0.15) is 29.0 Å². The van der Waals surface area contributed by atoms with E-state index in [9.17, 15) is 9.59 Å². The number of aromatic nitrogens is 5. The maximum atomic E-state index is 12.2. The van der Waals surface area contributed by atoms with E-state index >= 15 is 0 Å². The SMILES string of the molecule is CCN(CC)c1ccc(-c2nnc(C3C(=O)CCC3=O)s2)c(OCc2cn(-c3ccc(Cl)cc3)nn2)c1. The molecule has 0 bridgehead atoms. The molecule has 1 aliphatic rings. The second kappa shape index (κ2) is 10.8. The number of hydrogen-bond donors (Lipinski definition) is 0. The summed E-state index contributed by atoms with van der Waals surface area (Å²) < 4.78 is 7.91. The van der Waals surface area contributed by atoms with Gasteiger partial charge in [0.05, 0.1) is 17.4 Å². The summed E-state index contributed by atoms with van der Waals surface area (Å²) in [6.07, 6.45) is 2.33. The predicted molar refractivity (Wildman–Crippen MR) is 142 cm³/mol. The van der Waals surface area contributed by atoms with Crippen LogP contribution in [0.1, 0.15) is 43.3 Å². The minimum atomic E-state index is -0.798. The predicted octanol–water partition coefficient (Wildman–Crippen LogP) is 4.88. The topological polar surface area (TPSA) is 103 Å². The largest absolute Gasteiger partial charge is 0.486 e. The number of carbonyl (C=O) groups is 2. The van der Waals surface area contributed by atoms with Crippen LogP contribution in [0.2, 0.25) is 5.02 Å². The normalized spacial score (nSPS) is 13.9. The summed E-state index contributed by atoms with van der Waals surface area (Å²) in [4.78, 5) is 26.7. The van der Waals surface area contributed by atoms with Crippen molar-refractivity contribution in [3.63, 3.8) is 0 Å². The highest BCUT2D eigenvalue weighted by molar-refractivity contribution is 7.15. The number of anilines is 1. The van der Waals surface area contributed by atoms with Crippen LogP contribution in [0, 0.1) is 0 Å². The molecule has 5 rings (SSSR count). The summed E-state index contributed by atoms with van der Waals surface area (Å²) in [7, 11) is 0. The van der Waals surface area contributed by atoms with E-state index in [0.717, 1.165) is 30.0 Å². The number of hydrogen-bond acceptors (Lipinski definition) is 9. The molecule has 1 saturated carbocycles. The van der Waals surface area contributed by atoms with Crippen LogP contribution in [-0.4, -0.2) is 49.8 Å². The molecule has 0 N–H and O–H groups in total. The summed E-state index contributed by atoms with van der Waals surface area (Å²) in [6.45, 7) is 6.08. The van der Waals surface area contributed by atoms with Gasteiger partial charge in [-0.3, -0.25) is 9.59 Å². The molecule has 2 aromatic carbocycles. The first-order valence-corrected chi connectivity index (χ1v) is 13.2. The third kappa shape index (κ3) is 5.26. The number of halogens is 1. The van der Waals surface area contributed by atoms with E-state index in [-0.39, 0.29) is 31.0 Å². The highest BCUT2D eigenvalue weighted by atomic mass is 35.5. The molecule has 0 spiro atoms. The third-order valence-corrected chi connectivity index (χ3v) is 7.55. The van der Waals surface area contributed by atoms with E-state index in [1.165, 1.54) is 11.3 Å². The maximum Gasteiger partial charge on any atom is 0.151 e. The number of ether oxygens (including phenoxy) is 1. The van der Waals surface area contributed by atoms with E-state index in [4.69, 9.17) is 16.3 Å². The number of benzene rings is 2. The summed E-state index contributed by atoms with van der Waals surface area (Å²) >= 11 is 7.24. The van der Waals surface area contributed by atoms with Crippen LogP contribution >= 0.6 is 22.9 Å². The van der Waals surface area contributed by atoms with Crippen molar-refractivity contribution < 1.29 is 14.3 Å². The summed E-state index contributed by atoms with van der Waals surface area (Å²) in [5, 5.41) is 18.6. The van der Waals surface area contributed by atoms with Gasteiger partial charge >= 0.3 is 0 Å². The lowest BCUT2D eigenvalue weighted by molar-refractivity contribution is -0.123. The van der Waals surface area contributed by atoms with Crippen LogP contribution in [0.25, 0.3) is 16.3 Å². The zero-order valence-corrected chi connectivity index (χ0v) is 22.0. The lowest BCUT2D eigenvalue weighted by atomic mass is 10.1. The van der Waals surface area contributed by atoms with Gasteiger partial charge < -0.3 is 9.64 Å². The molecular weight excluding hydrogens is 512 g/mol. The van der Waals surface area contributed by atoms with Gasteiger partial charge in [0.2, 0.25) is 0 Å². The molecule has 9 nitrogen and oxygen atoms in total. The van der Waals surface area contributed by atoms with Crippen molar-refractivity contribution in [3.05, 3.63) is 64.4 Å². The Morgan fingerprint density at radius 2 is 1.76 bits per heavy atom. The van der Waals surface area contributed by atoms with Crippen LogP contribution in [0.15, 0.2) is 48.7 Å². The fourth-order valence-electron chi connectivity index (χ4n) is 4.28. The number of nitrogens with zero attached hydrogens (tertiary/aromatic N) is 6. The molecule has 0 saturated heterocycles. The number of rotatable bonds is 9. The third-order valence-electron chi connectivity index (χ3n) is 6.28. The highest BCUT2D eigenvalue weighted by Crippen LogP contribution is 2.39. The Hall–Kier alpha value is -3.63. The molecule has 0 radical (unpaired) electrons. The van der Waals surface area contributed by atoms with Gasteiger partial charge in [0, 0.05) is 42.7 Å². The molecule has 0 amide bonds. The molecule has 0 unspecified atom stereocenters. The second-order valence-corrected chi connectivity index (χ2v) is 10.0. The minimum absolute atomic E-state index is 0.0928. The minimum Gasteiger partial charge on any atom is -0.486 e. The summed E-state index contributed by atoms with van der Waals surface area (Å²) in [6, 6.07) is 13.2. The van der Waals surface area contributed by atoms with E-state index in [1.807, 2.05) is 30.3 Å². The van der Waals surface area contributed by atoms with Crippen molar-refractivity contribution in [2.45, 2.75) is 39.2 Å². The van der Waals surface area contributed by atoms with Crippen LogP contribution in [0.5, 0.6) is 5.75 Å². The van der Waals surface area contributed by atoms with Gasteiger partial charge in [-0.2, -0.15) is 0 Å². The Morgan fingerprint density at radius 3 is 2.46 bits per heavy atom. The number of carbonyl (C=O) groups excluding carboxylic acids is 2. The molecule has 0 atom stereocenters. The monoisotopic (exact) mass is 536 g/mol. The summed E-state index contributed by atoms with van der Waals surface area (Å²) in [5.74, 6) is -0.375. The first-order chi connectivity index (χ1) is 18.0. The van der Waals surface area contributed by atoms with E-state index in [0.29, 0.717) is 26.5 Å². The molecule has 2 aromatic heterocycles. The molecule has 37 heavy (non-hydrogen) atoms. The second-order valence-electron chi connectivity index (χ2n) is 8.58. The molecule has 4 aromatic rings. The smallest absolute Gasteiger partial charge is 0.151 e. The van der Waals surface area contributed by atoms with Gasteiger partial charge in [0.15, 0.2) is 16.6 Å². The lowest BCUT2D eigenvalue weighted by Crippen LogP contribution is -2.21. The Balaban J connectivity index is 1.42. The average molecular weight is 537 g/mol. The van der Waals surface area contributed by atoms with Crippen molar-refractivity contribution in [1.29, 1.82) is 0 Å². The molecular formula is C26H25ClN6O3S. The molecule has 1 aliphatic carbocycles. The van der Waals surface area contributed by atoms with Crippen molar-refractivity contribution in [3.8, 4) is 22.0 Å². The van der Waals surface area contributed by atoms with Crippen LogP contribution in [0.3, 0.4) is 0 Å². The molecule has 190 valence electrons. The Bertz CT molecular complexity index is 1410. The van der Waals surface area contributed by atoms with Gasteiger partial charge in [-0.15, -0.1) is 15.3 Å². The van der Waals surface area contributed by atoms with Gasteiger partial charge in [-0.05, 0) is 50.2 Å². The van der Waals surface area contributed by atoms with Crippen molar-refractivity contribution >= 4 is 40.2 Å². The first-order valence-electron chi connectivity index (χ1n) is 12.0. The lowest BCUT2D eigenvalue weighted by Gasteiger charge is -2.22. The van der Waals surface area contributed by atoms with Gasteiger partial charge in [-0.1, -0.05) is 28.2 Å². The summed E-state index contributed by atoms with van der Waals surface area (Å²) in [5.41, 5.74) is 3.24. The number of Topliss-reactive ketones (excluding diaryl/α,β-unsaturated/α-hetero) is 2. The van der Waals surface area contributed by atoms with Gasteiger partial charge in [0.25, 0.3) is 0 Å². The molecule has 1 fully saturated rings. The Morgan fingerprint density at radius 1 is 1.03 bits per heavy atom. The first kappa shape index (κ1) is 25.0. The highest BCUT2D eigenvalue weighted by Gasteiger charge is 2.37. The molecule has 2 heterocycles. The fraction of sp³-hybridized carbons (Fsp3) is 0.308. The van der Waals surface area contributed by atoms with E-state index in [1.54, 1.807) is 23.0 Å². The van der Waals surface area contributed by atoms with Crippen molar-refractivity contribution in [2.75, 3.05) is 18.0 Å². The van der Waals surface area contributed by atoms with Gasteiger partial charge in [-0.25, -0.2) is 4.68 Å². The zero-order chi connectivity index (χ0) is 25.9. The van der Waals surface area contributed by atoms with E-state index < -0.39 is 5.92 Å². The maximum absolute atomic E-state index is 12.2. The van der Waals surface area contributed by atoms with E-state index in [2.05, 4.69) is 39.3 Å². The zero-order valence-electron chi connectivity index (χ0n) is 20.4. The molecule has 0 aliphatic heterocycles. The standard InChI is InChI=1S/C26H25ClN6O3S/c1-3-32(4-2)19-9-10-20(25-29-30-26(37-25)24-21(34)11-12-22(24)35)23(13-19)36-15-17-14-33(31-28-17)18-7-5-16(27)6-8-18/h5-10,13-14,24H,3-4,11-12,15H2,1-2H3.